The third kappa shape index (κ3) is 41.8. The van der Waals surface area contributed by atoms with E-state index >= 15 is 0 Å². The Morgan fingerprint density at radius 1 is 0.382 bits per heavy atom. The van der Waals surface area contributed by atoms with E-state index in [1.54, 1.807) is 0 Å². The summed E-state index contributed by atoms with van der Waals surface area (Å²) in [7, 11) is 0. The van der Waals surface area contributed by atoms with Crippen LogP contribution >= 0.6 is 0 Å². The second-order valence-electron chi connectivity index (χ2n) is 14.6. The Kier molecular flexibility index (Phi) is 41.1. The van der Waals surface area contributed by atoms with E-state index in [9.17, 15) is 14.4 Å². The Bertz CT molecular complexity index is 1070. The van der Waals surface area contributed by atoms with E-state index in [2.05, 4.69) is 93.7 Å². The van der Waals surface area contributed by atoms with E-state index in [1.807, 2.05) is 0 Å². The fourth-order valence-corrected chi connectivity index (χ4v) is 5.83. The molecule has 0 amide bonds. The van der Waals surface area contributed by atoms with Crippen molar-refractivity contribution in [2.24, 2.45) is 0 Å². The zero-order valence-corrected chi connectivity index (χ0v) is 35.7. The molecule has 1 atom stereocenters. The fraction of sp³-hybridized carbons (Fsp3) is 0.694. The van der Waals surface area contributed by atoms with E-state index in [1.165, 1.54) is 57.8 Å². The van der Waals surface area contributed by atoms with Crippen LogP contribution in [0.5, 0.6) is 0 Å². The first-order valence-electron chi connectivity index (χ1n) is 22.4. The minimum atomic E-state index is -0.797. The summed E-state index contributed by atoms with van der Waals surface area (Å²) in [5.41, 5.74) is 0. The van der Waals surface area contributed by atoms with Crippen LogP contribution in [0.4, 0.5) is 0 Å². The zero-order chi connectivity index (χ0) is 40.1. The molecule has 1 unspecified atom stereocenters. The van der Waals surface area contributed by atoms with Gasteiger partial charge in [-0.25, -0.2) is 0 Å². The smallest absolute Gasteiger partial charge is 0.306 e. The Morgan fingerprint density at radius 3 is 1.27 bits per heavy atom. The van der Waals surface area contributed by atoms with Crippen LogP contribution in [0.15, 0.2) is 72.9 Å². The number of rotatable bonds is 39. The van der Waals surface area contributed by atoms with Crippen LogP contribution < -0.4 is 0 Å². The van der Waals surface area contributed by atoms with Gasteiger partial charge in [-0.05, 0) is 77.0 Å². The molecule has 0 aliphatic carbocycles. The van der Waals surface area contributed by atoms with Crippen molar-refractivity contribution in [2.45, 2.75) is 207 Å². The molecule has 0 saturated carbocycles. The summed E-state index contributed by atoms with van der Waals surface area (Å²) in [6.07, 6.45) is 53.2. The number of hydrogen-bond acceptors (Lipinski definition) is 6. The molecule has 0 aliphatic rings. The summed E-state index contributed by atoms with van der Waals surface area (Å²) in [6.45, 7) is 6.37. The number of allylic oxidation sites excluding steroid dienone is 12. The van der Waals surface area contributed by atoms with Crippen molar-refractivity contribution >= 4 is 17.9 Å². The maximum atomic E-state index is 12.7. The first-order valence-corrected chi connectivity index (χ1v) is 22.4. The summed E-state index contributed by atoms with van der Waals surface area (Å²) >= 11 is 0. The molecule has 0 aromatic rings. The van der Waals surface area contributed by atoms with Crippen molar-refractivity contribution < 1.29 is 28.6 Å². The van der Waals surface area contributed by atoms with Gasteiger partial charge in [0.15, 0.2) is 6.10 Å². The van der Waals surface area contributed by atoms with Crippen LogP contribution in [0.25, 0.3) is 0 Å². The number of carbonyl (C=O) groups is 3. The first-order chi connectivity index (χ1) is 27.0. The topological polar surface area (TPSA) is 78.9 Å². The van der Waals surface area contributed by atoms with Gasteiger partial charge in [0, 0.05) is 19.3 Å². The molecule has 314 valence electrons. The Labute approximate surface area is 338 Å². The molecule has 55 heavy (non-hydrogen) atoms. The monoisotopic (exact) mass is 767 g/mol. The molecule has 0 fully saturated rings. The lowest BCUT2D eigenvalue weighted by atomic mass is 10.1. The maximum absolute atomic E-state index is 12.7. The number of esters is 3. The van der Waals surface area contributed by atoms with Gasteiger partial charge < -0.3 is 14.2 Å². The standard InChI is InChI=1S/C49H82O6/c1-4-7-10-13-16-19-22-23-24-25-26-27-28-31-33-36-39-42-48(51)54-45-46(55-49(52)43-40-37-34-30-21-18-15-12-9-6-3)44-53-47(50)41-38-35-32-29-20-17-14-11-8-5-2/h7,10,12,15-16,19,23-24,26-27,31,33,46H,4-6,8-9,11,13-14,17-18,20-22,25,28-30,32,34-45H2,1-3H3/b10-7-,15-12-,19-16-,24-23-,27-26-,33-31-. The van der Waals surface area contributed by atoms with Gasteiger partial charge in [0.1, 0.15) is 13.2 Å². The number of hydrogen-bond donors (Lipinski definition) is 0. The van der Waals surface area contributed by atoms with Crippen molar-refractivity contribution in [1.82, 2.24) is 0 Å². The minimum absolute atomic E-state index is 0.0960. The van der Waals surface area contributed by atoms with Gasteiger partial charge in [0.05, 0.1) is 0 Å². The normalized spacial score (nSPS) is 12.7. The lowest BCUT2D eigenvalue weighted by Crippen LogP contribution is -2.30. The highest BCUT2D eigenvalue weighted by atomic mass is 16.6. The van der Waals surface area contributed by atoms with E-state index in [4.69, 9.17) is 14.2 Å². The molecule has 6 nitrogen and oxygen atoms in total. The summed E-state index contributed by atoms with van der Waals surface area (Å²) in [6, 6.07) is 0. The van der Waals surface area contributed by atoms with Crippen LogP contribution in [0.3, 0.4) is 0 Å². The van der Waals surface area contributed by atoms with Gasteiger partial charge in [0.25, 0.3) is 0 Å². The van der Waals surface area contributed by atoms with Crippen LogP contribution in [0.2, 0.25) is 0 Å². The highest BCUT2D eigenvalue weighted by molar-refractivity contribution is 5.71. The highest BCUT2D eigenvalue weighted by Gasteiger charge is 2.19. The van der Waals surface area contributed by atoms with E-state index in [0.29, 0.717) is 19.3 Å². The lowest BCUT2D eigenvalue weighted by Gasteiger charge is -2.18. The molecule has 6 heteroatoms. The third-order valence-corrected chi connectivity index (χ3v) is 9.18. The fourth-order valence-electron chi connectivity index (χ4n) is 5.83. The van der Waals surface area contributed by atoms with Gasteiger partial charge in [-0.15, -0.1) is 0 Å². The molecule has 0 saturated heterocycles. The second kappa shape index (κ2) is 43.6. The van der Waals surface area contributed by atoms with Gasteiger partial charge in [-0.1, -0.05) is 177 Å². The maximum Gasteiger partial charge on any atom is 0.306 e. The summed E-state index contributed by atoms with van der Waals surface area (Å²) in [5, 5.41) is 0. The van der Waals surface area contributed by atoms with Crippen LogP contribution in [0.1, 0.15) is 201 Å². The summed E-state index contributed by atoms with van der Waals surface area (Å²) in [5.74, 6) is -0.976. The Hall–Kier alpha value is -3.15. The molecule has 0 radical (unpaired) electrons. The van der Waals surface area contributed by atoms with Crippen molar-refractivity contribution in [3.63, 3.8) is 0 Å². The molecule has 0 aliphatic heterocycles. The zero-order valence-electron chi connectivity index (χ0n) is 35.7. The molecule has 0 heterocycles. The van der Waals surface area contributed by atoms with Gasteiger partial charge in [-0.2, -0.15) is 0 Å². The van der Waals surface area contributed by atoms with Crippen molar-refractivity contribution in [3.8, 4) is 0 Å². The number of ether oxygens (including phenoxy) is 3. The summed E-state index contributed by atoms with van der Waals surface area (Å²) in [4.78, 5) is 37.6. The molecular formula is C49H82O6. The van der Waals surface area contributed by atoms with Crippen LogP contribution in [-0.2, 0) is 28.6 Å². The van der Waals surface area contributed by atoms with Gasteiger partial charge in [0.2, 0.25) is 0 Å². The van der Waals surface area contributed by atoms with Crippen molar-refractivity contribution in [2.75, 3.05) is 13.2 Å². The van der Waals surface area contributed by atoms with E-state index < -0.39 is 6.10 Å². The molecule has 0 aromatic heterocycles. The molecule has 0 N–H and O–H groups in total. The molecule has 0 bridgehead atoms. The lowest BCUT2D eigenvalue weighted by molar-refractivity contribution is -0.167. The molecule has 0 aromatic carbocycles. The Morgan fingerprint density at radius 2 is 0.764 bits per heavy atom. The number of carbonyl (C=O) groups excluding carboxylic acids is 3. The molecule has 0 rings (SSSR count). The van der Waals surface area contributed by atoms with Crippen LogP contribution in [0, 0.1) is 0 Å². The van der Waals surface area contributed by atoms with E-state index in [0.717, 1.165) is 96.3 Å². The average molecular weight is 767 g/mol. The third-order valence-electron chi connectivity index (χ3n) is 9.18. The largest absolute Gasteiger partial charge is 0.462 e. The first kappa shape index (κ1) is 51.9. The summed E-state index contributed by atoms with van der Waals surface area (Å²) < 4.78 is 16.6. The predicted octanol–water partition coefficient (Wildman–Crippen LogP) is 14.3. The second-order valence-corrected chi connectivity index (χ2v) is 14.6. The predicted molar refractivity (Wildman–Crippen MR) is 233 cm³/mol. The Balaban J connectivity index is 4.45. The molecular weight excluding hydrogens is 685 g/mol. The quantitative estimate of drug-likeness (QED) is 0.0268. The van der Waals surface area contributed by atoms with Crippen molar-refractivity contribution in [3.05, 3.63) is 72.9 Å². The van der Waals surface area contributed by atoms with Crippen molar-refractivity contribution in [1.29, 1.82) is 0 Å². The SMILES string of the molecule is CC/C=C\C/C=C\C/C=C\C/C=C\C/C=C\CCCC(=O)OCC(COC(=O)CCCCCCCCCCCC)OC(=O)CCCCCCC/C=C\CCC. The van der Waals surface area contributed by atoms with Gasteiger partial charge >= 0.3 is 17.9 Å². The van der Waals surface area contributed by atoms with Gasteiger partial charge in [-0.3, -0.25) is 14.4 Å². The average Bonchev–Trinajstić information content (AvgIpc) is 3.18. The molecule has 0 spiro atoms. The minimum Gasteiger partial charge on any atom is -0.462 e. The number of unbranched alkanes of at least 4 members (excludes halogenated alkanes) is 16. The van der Waals surface area contributed by atoms with Crippen LogP contribution in [-0.4, -0.2) is 37.2 Å². The van der Waals surface area contributed by atoms with E-state index in [-0.39, 0.29) is 37.5 Å². The highest BCUT2D eigenvalue weighted by Crippen LogP contribution is 2.13.